The quantitative estimate of drug-likeness (QED) is 0.510. The lowest BCUT2D eigenvalue weighted by Gasteiger charge is -2.10. The summed E-state index contributed by atoms with van der Waals surface area (Å²) >= 11 is 1.51. The van der Waals surface area contributed by atoms with E-state index in [1.54, 1.807) is 6.92 Å². The molecule has 1 unspecified atom stereocenters. The van der Waals surface area contributed by atoms with Crippen LogP contribution in [0.5, 0.6) is 0 Å². The summed E-state index contributed by atoms with van der Waals surface area (Å²) in [5, 5.41) is 16.3. The number of thioether (sulfide) groups is 1. The normalized spacial score (nSPS) is 12.2. The zero-order chi connectivity index (χ0) is 12.7. The summed E-state index contributed by atoms with van der Waals surface area (Å²) in [4.78, 5) is 8.69. The third kappa shape index (κ3) is 5.23. The average Bonchev–Trinajstić information content (AvgIpc) is 2.28. The van der Waals surface area contributed by atoms with Gasteiger partial charge in [-0.25, -0.2) is 9.97 Å². The van der Waals surface area contributed by atoms with E-state index in [0.717, 1.165) is 23.3 Å². The highest BCUT2D eigenvalue weighted by molar-refractivity contribution is 7.98. The number of aliphatic hydroxyl groups is 1. The molecule has 0 saturated heterocycles. The van der Waals surface area contributed by atoms with E-state index in [1.165, 1.54) is 11.8 Å². The zero-order valence-corrected chi connectivity index (χ0v) is 11.3. The molecule has 1 aromatic rings. The predicted molar refractivity (Wildman–Crippen MR) is 72.8 cm³/mol. The molecular formula is C11H20N4OS. The Bertz CT molecular complexity index is 346. The number of nitrogens with zero attached hydrogens (tertiary/aromatic N) is 2. The molecule has 0 saturated carbocycles. The molecule has 1 atom stereocenters. The van der Waals surface area contributed by atoms with Gasteiger partial charge in [0.2, 0.25) is 0 Å². The summed E-state index contributed by atoms with van der Waals surface area (Å²) in [5.41, 5.74) is 0. The molecule has 0 amide bonds. The Morgan fingerprint density at radius 1 is 1.35 bits per heavy atom. The van der Waals surface area contributed by atoms with Gasteiger partial charge in [0.15, 0.2) is 5.16 Å². The number of rotatable bonds is 7. The molecule has 0 aliphatic rings. The van der Waals surface area contributed by atoms with Crippen molar-refractivity contribution in [3.8, 4) is 0 Å². The summed E-state index contributed by atoms with van der Waals surface area (Å²) < 4.78 is 0. The van der Waals surface area contributed by atoms with Crippen LogP contribution in [0.3, 0.4) is 0 Å². The SMILES string of the molecule is CCNc1cc(NCCC(C)O)nc(SC)n1. The van der Waals surface area contributed by atoms with Crippen molar-refractivity contribution < 1.29 is 5.11 Å². The molecule has 0 aliphatic heterocycles. The maximum atomic E-state index is 9.18. The van der Waals surface area contributed by atoms with E-state index in [-0.39, 0.29) is 6.10 Å². The molecule has 0 radical (unpaired) electrons. The standard InChI is InChI=1S/C11H20N4OS/c1-4-12-9-7-10(13-6-5-8(2)16)15-11(14-9)17-3/h7-8,16H,4-6H2,1-3H3,(H2,12,13,14,15). The second-order valence-electron chi connectivity index (χ2n) is 3.72. The molecule has 6 heteroatoms. The van der Waals surface area contributed by atoms with E-state index in [0.29, 0.717) is 13.0 Å². The van der Waals surface area contributed by atoms with Crippen molar-refractivity contribution in [2.45, 2.75) is 31.5 Å². The first kappa shape index (κ1) is 14.1. The minimum Gasteiger partial charge on any atom is -0.393 e. The van der Waals surface area contributed by atoms with Crippen LogP contribution in [0, 0.1) is 0 Å². The minimum atomic E-state index is -0.294. The number of aromatic nitrogens is 2. The van der Waals surface area contributed by atoms with Crippen LogP contribution >= 0.6 is 11.8 Å². The Balaban J connectivity index is 2.66. The van der Waals surface area contributed by atoms with E-state index in [9.17, 15) is 5.11 Å². The van der Waals surface area contributed by atoms with Crippen molar-refractivity contribution in [2.75, 3.05) is 30.0 Å². The van der Waals surface area contributed by atoms with E-state index >= 15 is 0 Å². The third-order valence-corrected chi connectivity index (χ3v) is 2.66. The smallest absolute Gasteiger partial charge is 0.191 e. The second kappa shape index (κ2) is 7.34. The molecule has 0 aromatic carbocycles. The van der Waals surface area contributed by atoms with Crippen LogP contribution in [0.25, 0.3) is 0 Å². The summed E-state index contributed by atoms with van der Waals surface area (Å²) in [7, 11) is 0. The Morgan fingerprint density at radius 2 is 2.00 bits per heavy atom. The van der Waals surface area contributed by atoms with Crippen molar-refractivity contribution in [1.29, 1.82) is 0 Å². The molecule has 1 aromatic heterocycles. The van der Waals surface area contributed by atoms with Gasteiger partial charge >= 0.3 is 0 Å². The van der Waals surface area contributed by atoms with E-state index < -0.39 is 0 Å². The molecule has 0 fully saturated rings. The van der Waals surface area contributed by atoms with Gasteiger partial charge in [0, 0.05) is 19.2 Å². The number of nitrogens with one attached hydrogen (secondary N) is 2. The molecular weight excluding hydrogens is 236 g/mol. The largest absolute Gasteiger partial charge is 0.393 e. The van der Waals surface area contributed by atoms with E-state index in [4.69, 9.17) is 0 Å². The lowest BCUT2D eigenvalue weighted by atomic mass is 10.3. The van der Waals surface area contributed by atoms with Crippen molar-refractivity contribution in [1.82, 2.24) is 9.97 Å². The first-order chi connectivity index (χ1) is 8.15. The summed E-state index contributed by atoms with van der Waals surface area (Å²) in [6.07, 6.45) is 2.36. The van der Waals surface area contributed by atoms with Crippen LogP contribution in [0.15, 0.2) is 11.2 Å². The van der Waals surface area contributed by atoms with Crippen LogP contribution < -0.4 is 10.6 Å². The maximum Gasteiger partial charge on any atom is 0.191 e. The number of anilines is 2. The molecule has 17 heavy (non-hydrogen) atoms. The lowest BCUT2D eigenvalue weighted by molar-refractivity contribution is 0.188. The molecule has 96 valence electrons. The van der Waals surface area contributed by atoms with Gasteiger partial charge in [0.05, 0.1) is 6.10 Å². The van der Waals surface area contributed by atoms with Crippen LogP contribution in [-0.2, 0) is 0 Å². The van der Waals surface area contributed by atoms with Gasteiger partial charge in [0.25, 0.3) is 0 Å². The number of hydrogen-bond donors (Lipinski definition) is 3. The molecule has 0 bridgehead atoms. The molecule has 1 rings (SSSR count). The van der Waals surface area contributed by atoms with Gasteiger partial charge in [-0.15, -0.1) is 0 Å². The topological polar surface area (TPSA) is 70.1 Å². The summed E-state index contributed by atoms with van der Waals surface area (Å²) in [6.45, 7) is 5.34. The fourth-order valence-corrected chi connectivity index (χ4v) is 1.67. The first-order valence-electron chi connectivity index (χ1n) is 5.74. The lowest BCUT2D eigenvalue weighted by Crippen LogP contribution is -2.11. The highest BCUT2D eigenvalue weighted by atomic mass is 32.2. The second-order valence-corrected chi connectivity index (χ2v) is 4.49. The van der Waals surface area contributed by atoms with Gasteiger partial charge in [-0.05, 0) is 26.5 Å². The van der Waals surface area contributed by atoms with Gasteiger partial charge in [-0.3, -0.25) is 0 Å². The average molecular weight is 256 g/mol. The van der Waals surface area contributed by atoms with E-state index in [2.05, 4.69) is 20.6 Å². The van der Waals surface area contributed by atoms with Crippen LogP contribution in [-0.4, -0.2) is 40.5 Å². The number of hydrogen-bond acceptors (Lipinski definition) is 6. The zero-order valence-electron chi connectivity index (χ0n) is 10.5. The molecule has 0 spiro atoms. The van der Waals surface area contributed by atoms with Gasteiger partial charge < -0.3 is 15.7 Å². The Labute approximate surface area is 106 Å². The van der Waals surface area contributed by atoms with Crippen molar-refractivity contribution >= 4 is 23.4 Å². The van der Waals surface area contributed by atoms with Gasteiger partial charge in [-0.1, -0.05) is 11.8 Å². The summed E-state index contributed by atoms with van der Waals surface area (Å²) in [5.74, 6) is 1.62. The van der Waals surface area contributed by atoms with Crippen LogP contribution in [0.4, 0.5) is 11.6 Å². The van der Waals surface area contributed by atoms with Crippen LogP contribution in [0.2, 0.25) is 0 Å². The van der Waals surface area contributed by atoms with Gasteiger partial charge in [-0.2, -0.15) is 0 Å². The first-order valence-corrected chi connectivity index (χ1v) is 6.97. The molecule has 3 N–H and O–H groups in total. The van der Waals surface area contributed by atoms with Crippen molar-refractivity contribution in [3.63, 3.8) is 0 Å². The molecule has 0 aliphatic carbocycles. The predicted octanol–water partition coefficient (Wildman–Crippen LogP) is 1.81. The third-order valence-electron chi connectivity index (χ3n) is 2.11. The summed E-state index contributed by atoms with van der Waals surface area (Å²) in [6, 6.07) is 1.88. The highest BCUT2D eigenvalue weighted by Crippen LogP contribution is 2.17. The Hall–Kier alpha value is -1.01. The molecule has 1 heterocycles. The Kier molecular flexibility index (Phi) is 6.07. The van der Waals surface area contributed by atoms with E-state index in [1.807, 2.05) is 19.2 Å². The monoisotopic (exact) mass is 256 g/mol. The van der Waals surface area contributed by atoms with Crippen molar-refractivity contribution in [3.05, 3.63) is 6.07 Å². The maximum absolute atomic E-state index is 9.18. The fraction of sp³-hybridized carbons (Fsp3) is 0.636. The van der Waals surface area contributed by atoms with Gasteiger partial charge in [0.1, 0.15) is 11.6 Å². The van der Waals surface area contributed by atoms with Crippen LogP contribution in [0.1, 0.15) is 20.3 Å². The Morgan fingerprint density at radius 3 is 2.53 bits per heavy atom. The minimum absolute atomic E-state index is 0.294. The molecule has 5 nitrogen and oxygen atoms in total. The van der Waals surface area contributed by atoms with Crippen molar-refractivity contribution in [2.24, 2.45) is 0 Å². The highest BCUT2D eigenvalue weighted by Gasteiger charge is 2.03. The number of aliphatic hydroxyl groups excluding tert-OH is 1. The fourth-order valence-electron chi connectivity index (χ4n) is 1.29.